The Kier molecular flexibility index (Phi) is 5.41. The molecule has 7 heteroatoms. The number of amides is 3. The summed E-state index contributed by atoms with van der Waals surface area (Å²) in [6.45, 7) is 0.796. The highest BCUT2D eigenvalue weighted by atomic mass is 16.4. The molecule has 0 heterocycles. The highest BCUT2D eigenvalue weighted by Crippen LogP contribution is 2.28. The van der Waals surface area contributed by atoms with E-state index in [4.69, 9.17) is 5.11 Å². The molecule has 0 spiro atoms. The van der Waals surface area contributed by atoms with Crippen LogP contribution in [-0.2, 0) is 9.59 Å². The average molecular weight is 297 g/mol. The lowest BCUT2D eigenvalue weighted by molar-refractivity contribution is -0.143. The lowest BCUT2D eigenvalue weighted by Gasteiger charge is -2.27. The smallest absolute Gasteiger partial charge is 0.315 e. The second-order valence-corrected chi connectivity index (χ2v) is 5.86. The predicted molar refractivity (Wildman–Crippen MR) is 75.6 cm³/mol. The van der Waals surface area contributed by atoms with Gasteiger partial charge in [-0.2, -0.15) is 0 Å². The Morgan fingerprint density at radius 3 is 2.33 bits per heavy atom. The molecular weight excluding hydrogens is 274 g/mol. The summed E-state index contributed by atoms with van der Waals surface area (Å²) in [4.78, 5) is 34.0. The first-order chi connectivity index (χ1) is 10.1. The van der Waals surface area contributed by atoms with Gasteiger partial charge in [0.05, 0.1) is 5.92 Å². The van der Waals surface area contributed by atoms with Gasteiger partial charge in [-0.15, -0.1) is 0 Å². The van der Waals surface area contributed by atoms with Gasteiger partial charge in [-0.3, -0.25) is 9.59 Å². The molecule has 0 radical (unpaired) electrons. The summed E-state index contributed by atoms with van der Waals surface area (Å²) in [5.41, 5.74) is 0. The van der Waals surface area contributed by atoms with Gasteiger partial charge in [0.2, 0.25) is 5.91 Å². The van der Waals surface area contributed by atoms with Crippen molar-refractivity contribution < 1.29 is 19.5 Å². The van der Waals surface area contributed by atoms with Gasteiger partial charge in [0.25, 0.3) is 0 Å². The highest BCUT2D eigenvalue weighted by Gasteiger charge is 2.29. The second kappa shape index (κ2) is 7.28. The van der Waals surface area contributed by atoms with Crippen molar-refractivity contribution in [2.75, 3.05) is 13.1 Å². The Morgan fingerprint density at radius 2 is 1.67 bits per heavy atom. The molecule has 2 aliphatic rings. The van der Waals surface area contributed by atoms with E-state index in [0.717, 1.165) is 25.7 Å². The van der Waals surface area contributed by atoms with Crippen molar-refractivity contribution in [2.24, 2.45) is 11.8 Å². The van der Waals surface area contributed by atoms with Crippen LogP contribution in [0.15, 0.2) is 0 Å². The van der Waals surface area contributed by atoms with E-state index < -0.39 is 5.97 Å². The molecular formula is C14H23N3O4. The molecule has 2 saturated carbocycles. The molecule has 2 aliphatic carbocycles. The first-order valence-electron chi connectivity index (χ1n) is 7.61. The lowest BCUT2D eigenvalue weighted by atomic mass is 9.86. The second-order valence-electron chi connectivity index (χ2n) is 5.86. The number of hydrogen-bond acceptors (Lipinski definition) is 3. The molecule has 2 atom stereocenters. The molecule has 0 aliphatic heterocycles. The number of carboxylic acid groups (broad SMARTS) is 1. The fraction of sp³-hybridized carbons (Fsp3) is 0.786. The fourth-order valence-corrected chi connectivity index (χ4v) is 2.63. The lowest BCUT2D eigenvalue weighted by Crippen LogP contribution is -2.46. The van der Waals surface area contributed by atoms with Crippen molar-refractivity contribution in [3.8, 4) is 0 Å². The Labute approximate surface area is 123 Å². The molecule has 7 nitrogen and oxygen atoms in total. The number of carbonyl (C=O) groups excluding carboxylic acids is 2. The van der Waals surface area contributed by atoms with E-state index in [0.29, 0.717) is 25.9 Å². The Balaban J connectivity index is 1.58. The number of carbonyl (C=O) groups is 3. The number of rotatable bonds is 6. The SMILES string of the molecule is O=C(NCCNC(=O)C1CC1)NC1CCCC(C(=O)O)C1. The van der Waals surface area contributed by atoms with Gasteiger partial charge in [-0.05, 0) is 32.1 Å². The van der Waals surface area contributed by atoms with Gasteiger partial charge in [-0.1, -0.05) is 6.42 Å². The molecule has 0 bridgehead atoms. The molecule has 0 aromatic heterocycles. The van der Waals surface area contributed by atoms with Crippen molar-refractivity contribution >= 4 is 17.9 Å². The zero-order valence-corrected chi connectivity index (χ0v) is 12.1. The molecule has 3 amide bonds. The summed E-state index contributed by atoms with van der Waals surface area (Å²) >= 11 is 0. The Hall–Kier alpha value is -1.79. The van der Waals surface area contributed by atoms with Crippen LogP contribution in [0.4, 0.5) is 4.79 Å². The maximum absolute atomic E-state index is 11.7. The monoisotopic (exact) mass is 297 g/mol. The van der Waals surface area contributed by atoms with E-state index in [1.54, 1.807) is 0 Å². The van der Waals surface area contributed by atoms with Crippen molar-refractivity contribution in [3.63, 3.8) is 0 Å². The third kappa shape index (κ3) is 5.24. The van der Waals surface area contributed by atoms with Gasteiger partial charge < -0.3 is 21.1 Å². The molecule has 0 saturated heterocycles. The van der Waals surface area contributed by atoms with E-state index in [1.165, 1.54) is 0 Å². The number of urea groups is 1. The summed E-state index contributed by atoms with van der Waals surface area (Å²) in [6, 6.07) is -0.382. The summed E-state index contributed by atoms with van der Waals surface area (Å²) < 4.78 is 0. The summed E-state index contributed by atoms with van der Waals surface area (Å²) in [6.07, 6.45) is 4.73. The summed E-state index contributed by atoms with van der Waals surface area (Å²) in [5.74, 6) is -0.908. The maximum atomic E-state index is 11.7. The van der Waals surface area contributed by atoms with Crippen LogP contribution < -0.4 is 16.0 Å². The molecule has 0 aromatic carbocycles. The van der Waals surface area contributed by atoms with Crippen LogP contribution in [0.5, 0.6) is 0 Å². The van der Waals surface area contributed by atoms with Gasteiger partial charge in [0, 0.05) is 25.0 Å². The van der Waals surface area contributed by atoms with E-state index in [9.17, 15) is 14.4 Å². The van der Waals surface area contributed by atoms with Crippen LogP contribution >= 0.6 is 0 Å². The minimum Gasteiger partial charge on any atom is -0.481 e. The molecule has 2 fully saturated rings. The van der Waals surface area contributed by atoms with Crippen LogP contribution in [-0.4, -0.2) is 42.1 Å². The fourth-order valence-electron chi connectivity index (χ4n) is 2.63. The maximum Gasteiger partial charge on any atom is 0.315 e. The molecule has 2 rings (SSSR count). The van der Waals surface area contributed by atoms with E-state index in [-0.39, 0.29) is 29.8 Å². The van der Waals surface area contributed by atoms with E-state index >= 15 is 0 Å². The van der Waals surface area contributed by atoms with Crippen molar-refractivity contribution in [1.29, 1.82) is 0 Å². The topological polar surface area (TPSA) is 108 Å². The number of carboxylic acids is 1. The van der Waals surface area contributed by atoms with E-state index in [2.05, 4.69) is 16.0 Å². The van der Waals surface area contributed by atoms with Crippen LogP contribution in [0.3, 0.4) is 0 Å². The standard InChI is InChI=1S/C14H23N3O4/c18-12(9-4-5-9)15-6-7-16-14(21)17-11-3-1-2-10(8-11)13(19)20/h9-11H,1-8H2,(H,15,18)(H,19,20)(H2,16,17,21). The van der Waals surface area contributed by atoms with Crippen LogP contribution in [0.25, 0.3) is 0 Å². The van der Waals surface area contributed by atoms with Gasteiger partial charge in [0.15, 0.2) is 0 Å². The Morgan fingerprint density at radius 1 is 0.952 bits per heavy atom. The van der Waals surface area contributed by atoms with Gasteiger partial charge in [-0.25, -0.2) is 4.79 Å². The zero-order valence-electron chi connectivity index (χ0n) is 12.1. The third-order valence-corrected chi connectivity index (χ3v) is 4.02. The van der Waals surface area contributed by atoms with Crippen LogP contribution in [0, 0.1) is 11.8 Å². The zero-order chi connectivity index (χ0) is 15.2. The minimum absolute atomic E-state index is 0.0637. The molecule has 0 aromatic rings. The number of aliphatic carboxylic acids is 1. The minimum atomic E-state index is -0.787. The largest absolute Gasteiger partial charge is 0.481 e. The normalized spacial score (nSPS) is 25.0. The molecule has 118 valence electrons. The van der Waals surface area contributed by atoms with Crippen LogP contribution in [0.1, 0.15) is 38.5 Å². The van der Waals surface area contributed by atoms with E-state index in [1.807, 2.05) is 0 Å². The van der Waals surface area contributed by atoms with Crippen LogP contribution in [0.2, 0.25) is 0 Å². The number of hydrogen-bond donors (Lipinski definition) is 4. The van der Waals surface area contributed by atoms with Gasteiger partial charge >= 0.3 is 12.0 Å². The summed E-state index contributed by atoms with van der Waals surface area (Å²) in [5, 5.41) is 17.2. The quantitative estimate of drug-likeness (QED) is 0.534. The Bertz CT molecular complexity index is 409. The summed E-state index contributed by atoms with van der Waals surface area (Å²) in [7, 11) is 0. The highest BCUT2D eigenvalue weighted by molar-refractivity contribution is 5.81. The number of nitrogens with one attached hydrogen (secondary N) is 3. The molecule has 2 unspecified atom stereocenters. The third-order valence-electron chi connectivity index (χ3n) is 4.02. The first-order valence-corrected chi connectivity index (χ1v) is 7.61. The predicted octanol–water partition coefficient (Wildman–Crippen LogP) is 0.455. The molecule has 21 heavy (non-hydrogen) atoms. The van der Waals surface area contributed by atoms with Crippen molar-refractivity contribution in [1.82, 2.24) is 16.0 Å². The first kappa shape index (κ1) is 15.6. The average Bonchev–Trinajstić information content (AvgIpc) is 3.28. The van der Waals surface area contributed by atoms with Gasteiger partial charge in [0.1, 0.15) is 0 Å². The van der Waals surface area contributed by atoms with Crippen molar-refractivity contribution in [2.45, 2.75) is 44.6 Å². The molecule has 4 N–H and O–H groups in total. The van der Waals surface area contributed by atoms with Crippen molar-refractivity contribution in [3.05, 3.63) is 0 Å².